The van der Waals surface area contributed by atoms with Crippen molar-refractivity contribution in [3.63, 3.8) is 0 Å². The van der Waals surface area contributed by atoms with Gasteiger partial charge in [-0.2, -0.15) is 0 Å². The van der Waals surface area contributed by atoms with Gasteiger partial charge in [-0.3, -0.25) is 4.79 Å². The van der Waals surface area contributed by atoms with Crippen molar-refractivity contribution in [2.75, 3.05) is 20.1 Å². The maximum absolute atomic E-state index is 10.6. The molecule has 0 aliphatic rings. The van der Waals surface area contributed by atoms with Gasteiger partial charge in [0.25, 0.3) is 0 Å². The lowest BCUT2D eigenvalue weighted by molar-refractivity contribution is -0.120. The van der Waals surface area contributed by atoms with Gasteiger partial charge in [-0.05, 0) is 12.5 Å². The van der Waals surface area contributed by atoms with Crippen molar-refractivity contribution in [3.8, 4) is 0 Å². The van der Waals surface area contributed by atoms with Crippen molar-refractivity contribution in [2.24, 2.45) is 0 Å². The molecular formula is C9H17NO3. The Morgan fingerprint density at radius 3 is 2.92 bits per heavy atom. The monoisotopic (exact) mass is 187 g/mol. The molecule has 0 aromatic carbocycles. The van der Waals surface area contributed by atoms with E-state index in [1.165, 1.54) is 6.08 Å². The minimum absolute atomic E-state index is 0.164. The van der Waals surface area contributed by atoms with Crippen LogP contribution in [0.4, 0.5) is 0 Å². The van der Waals surface area contributed by atoms with Crippen LogP contribution in [0.15, 0.2) is 12.7 Å². The number of unbranched alkanes of at least 4 members (excludes halogenated alkanes) is 1. The van der Waals surface area contributed by atoms with E-state index in [-0.39, 0.29) is 19.4 Å². The number of ether oxygens (including phenoxy) is 2. The van der Waals surface area contributed by atoms with Crippen LogP contribution in [0.2, 0.25) is 0 Å². The Balaban J connectivity index is 2.99. The molecule has 0 saturated carbocycles. The second-order valence-electron chi connectivity index (χ2n) is 2.47. The van der Waals surface area contributed by atoms with E-state index in [0.29, 0.717) is 6.61 Å². The standard InChI is InChI=1S/C9H17NO3/c1-3-5-6-12-8-13-7-10-9(11)4-2/h4H,2-3,5-8H2,1H3,(H,10,11). The summed E-state index contributed by atoms with van der Waals surface area (Å²) in [5.74, 6) is -0.242. The summed E-state index contributed by atoms with van der Waals surface area (Å²) in [6.45, 7) is 6.48. The van der Waals surface area contributed by atoms with Gasteiger partial charge in [-0.25, -0.2) is 0 Å². The first-order chi connectivity index (χ1) is 6.31. The van der Waals surface area contributed by atoms with Crippen LogP contribution in [0.1, 0.15) is 19.8 Å². The lowest BCUT2D eigenvalue weighted by Crippen LogP contribution is -2.24. The summed E-state index contributed by atoms with van der Waals surface area (Å²) in [6.07, 6.45) is 3.33. The molecule has 0 rings (SSSR count). The SMILES string of the molecule is C=CC(=O)NCOCOCCCC. The molecule has 13 heavy (non-hydrogen) atoms. The van der Waals surface area contributed by atoms with Crippen LogP contribution in [0, 0.1) is 0 Å². The Kier molecular flexibility index (Phi) is 8.60. The molecule has 4 heteroatoms. The summed E-state index contributed by atoms with van der Waals surface area (Å²) in [7, 11) is 0. The van der Waals surface area contributed by atoms with Crippen LogP contribution in [0.25, 0.3) is 0 Å². The van der Waals surface area contributed by atoms with Crippen molar-refractivity contribution >= 4 is 5.91 Å². The fourth-order valence-electron chi connectivity index (χ4n) is 0.600. The van der Waals surface area contributed by atoms with E-state index in [0.717, 1.165) is 12.8 Å². The second-order valence-corrected chi connectivity index (χ2v) is 2.47. The van der Waals surface area contributed by atoms with Gasteiger partial charge in [0.05, 0.1) is 0 Å². The fraction of sp³-hybridized carbons (Fsp3) is 0.667. The van der Waals surface area contributed by atoms with Crippen molar-refractivity contribution < 1.29 is 14.3 Å². The van der Waals surface area contributed by atoms with Gasteiger partial charge in [-0.1, -0.05) is 19.9 Å². The molecule has 0 unspecified atom stereocenters. The van der Waals surface area contributed by atoms with E-state index in [1.807, 2.05) is 0 Å². The van der Waals surface area contributed by atoms with Gasteiger partial charge in [0.15, 0.2) is 0 Å². The fourth-order valence-corrected chi connectivity index (χ4v) is 0.600. The maximum atomic E-state index is 10.6. The van der Waals surface area contributed by atoms with E-state index >= 15 is 0 Å². The number of amides is 1. The highest BCUT2D eigenvalue weighted by atomic mass is 16.7. The number of carbonyl (C=O) groups excluding carboxylic acids is 1. The highest BCUT2D eigenvalue weighted by Gasteiger charge is 1.91. The Bertz CT molecular complexity index is 148. The van der Waals surface area contributed by atoms with Crippen LogP contribution in [0.3, 0.4) is 0 Å². The van der Waals surface area contributed by atoms with Gasteiger partial charge >= 0.3 is 0 Å². The largest absolute Gasteiger partial charge is 0.355 e. The van der Waals surface area contributed by atoms with E-state index in [1.54, 1.807) is 0 Å². The maximum Gasteiger partial charge on any atom is 0.245 e. The first-order valence-corrected chi connectivity index (χ1v) is 4.37. The Morgan fingerprint density at radius 2 is 2.31 bits per heavy atom. The van der Waals surface area contributed by atoms with Crippen LogP contribution >= 0.6 is 0 Å². The molecule has 0 spiro atoms. The van der Waals surface area contributed by atoms with Crippen LogP contribution in [-0.4, -0.2) is 26.0 Å². The third-order valence-corrected chi connectivity index (χ3v) is 1.34. The van der Waals surface area contributed by atoms with E-state index in [9.17, 15) is 4.79 Å². The highest BCUT2D eigenvalue weighted by Crippen LogP contribution is 1.87. The average Bonchev–Trinajstić information content (AvgIpc) is 2.16. The van der Waals surface area contributed by atoms with E-state index in [2.05, 4.69) is 18.8 Å². The Hall–Kier alpha value is -0.870. The van der Waals surface area contributed by atoms with Gasteiger partial charge in [0, 0.05) is 6.61 Å². The lowest BCUT2D eigenvalue weighted by atomic mass is 10.4. The zero-order valence-electron chi connectivity index (χ0n) is 8.04. The molecule has 76 valence electrons. The number of rotatable bonds is 8. The Morgan fingerprint density at radius 1 is 1.54 bits per heavy atom. The predicted molar refractivity (Wildman–Crippen MR) is 50.0 cm³/mol. The van der Waals surface area contributed by atoms with Gasteiger partial charge in [0.1, 0.15) is 13.5 Å². The van der Waals surface area contributed by atoms with Crippen molar-refractivity contribution in [1.82, 2.24) is 5.32 Å². The zero-order valence-corrected chi connectivity index (χ0v) is 8.04. The first-order valence-electron chi connectivity index (χ1n) is 4.37. The molecule has 0 saturated heterocycles. The molecule has 0 aliphatic carbocycles. The van der Waals surface area contributed by atoms with Crippen molar-refractivity contribution in [1.29, 1.82) is 0 Å². The molecular weight excluding hydrogens is 170 g/mol. The van der Waals surface area contributed by atoms with E-state index < -0.39 is 0 Å². The van der Waals surface area contributed by atoms with Crippen LogP contribution < -0.4 is 5.32 Å². The third kappa shape index (κ3) is 9.04. The third-order valence-electron chi connectivity index (χ3n) is 1.34. The van der Waals surface area contributed by atoms with Crippen LogP contribution in [-0.2, 0) is 14.3 Å². The number of nitrogens with one attached hydrogen (secondary N) is 1. The quantitative estimate of drug-likeness (QED) is 0.351. The summed E-state index contributed by atoms with van der Waals surface area (Å²) >= 11 is 0. The topological polar surface area (TPSA) is 47.6 Å². The van der Waals surface area contributed by atoms with Gasteiger partial charge in [0.2, 0.25) is 5.91 Å². The molecule has 0 bridgehead atoms. The summed E-state index contributed by atoms with van der Waals surface area (Å²) in [6, 6.07) is 0. The normalized spacial score (nSPS) is 9.62. The second kappa shape index (κ2) is 9.22. The summed E-state index contributed by atoms with van der Waals surface area (Å²) in [5.41, 5.74) is 0. The number of hydrogen-bond acceptors (Lipinski definition) is 3. The molecule has 0 heterocycles. The molecule has 0 radical (unpaired) electrons. The molecule has 0 atom stereocenters. The highest BCUT2D eigenvalue weighted by molar-refractivity contribution is 5.86. The zero-order chi connectivity index (χ0) is 9.94. The summed E-state index contributed by atoms with van der Waals surface area (Å²) < 4.78 is 10.0. The summed E-state index contributed by atoms with van der Waals surface area (Å²) in [4.78, 5) is 10.6. The molecule has 0 fully saturated rings. The smallest absolute Gasteiger partial charge is 0.245 e. The molecule has 0 aliphatic heterocycles. The van der Waals surface area contributed by atoms with Crippen LogP contribution in [0.5, 0.6) is 0 Å². The van der Waals surface area contributed by atoms with Gasteiger partial charge in [-0.15, -0.1) is 0 Å². The molecule has 0 aromatic heterocycles. The Labute approximate surface area is 78.9 Å². The average molecular weight is 187 g/mol. The minimum atomic E-state index is -0.242. The molecule has 4 nitrogen and oxygen atoms in total. The molecule has 0 aromatic rings. The minimum Gasteiger partial charge on any atom is -0.355 e. The number of hydrogen-bond donors (Lipinski definition) is 1. The predicted octanol–water partition coefficient (Wildman–Crippen LogP) is 1.04. The summed E-state index contributed by atoms with van der Waals surface area (Å²) in [5, 5.41) is 2.46. The van der Waals surface area contributed by atoms with Gasteiger partial charge < -0.3 is 14.8 Å². The molecule has 1 N–H and O–H groups in total. The van der Waals surface area contributed by atoms with Crippen molar-refractivity contribution in [3.05, 3.63) is 12.7 Å². The first kappa shape index (κ1) is 12.1. The van der Waals surface area contributed by atoms with Crippen molar-refractivity contribution in [2.45, 2.75) is 19.8 Å². The van der Waals surface area contributed by atoms with E-state index in [4.69, 9.17) is 9.47 Å². The molecule has 1 amide bonds. The number of carbonyl (C=O) groups is 1. The lowest BCUT2D eigenvalue weighted by Gasteiger charge is -2.05.